The van der Waals surface area contributed by atoms with E-state index in [4.69, 9.17) is 0 Å². The molecule has 100 valence electrons. The molecular formula is C16H17BrIN. The Kier molecular flexibility index (Phi) is 5.42. The van der Waals surface area contributed by atoms with E-state index in [0.717, 1.165) is 4.47 Å². The topological polar surface area (TPSA) is 12.0 Å². The molecule has 19 heavy (non-hydrogen) atoms. The van der Waals surface area contributed by atoms with E-state index in [1.807, 2.05) is 0 Å². The molecule has 2 unspecified atom stereocenters. The fraction of sp³-hybridized carbons (Fsp3) is 0.250. The first kappa shape index (κ1) is 15.0. The maximum absolute atomic E-state index is 3.63. The zero-order valence-corrected chi connectivity index (χ0v) is 14.8. The third-order valence-corrected chi connectivity index (χ3v) is 4.49. The molecule has 3 heteroatoms. The molecule has 0 fully saturated rings. The van der Waals surface area contributed by atoms with Crippen LogP contribution >= 0.6 is 38.5 Å². The van der Waals surface area contributed by atoms with Crippen LogP contribution in [0.3, 0.4) is 0 Å². The minimum Gasteiger partial charge on any atom is -0.304 e. The van der Waals surface area contributed by atoms with Gasteiger partial charge in [0.2, 0.25) is 0 Å². The predicted octanol–water partition coefficient (Wildman–Crippen LogP) is 5.47. The lowest BCUT2D eigenvalue weighted by atomic mass is 10.0. The first-order valence-electron chi connectivity index (χ1n) is 6.33. The van der Waals surface area contributed by atoms with Crippen molar-refractivity contribution < 1.29 is 0 Å². The first-order chi connectivity index (χ1) is 9.06. The van der Waals surface area contributed by atoms with Crippen molar-refractivity contribution >= 4 is 38.5 Å². The molecule has 0 saturated heterocycles. The molecule has 2 aromatic rings. The molecule has 0 saturated carbocycles. The van der Waals surface area contributed by atoms with Crippen molar-refractivity contribution in [2.45, 2.75) is 25.9 Å². The lowest BCUT2D eigenvalue weighted by Gasteiger charge is -2.21. The Morgan fingerprint density at radius 1 is 0.842 bits per heavy atom. The standard InChI is InChI=1S/C16H17BrIN/c1-11(13-3-7-15(17)8-4-13)19-12(2)14-5-9-16(18)10-6-14/h3-12,19H,1-2H3. The van der Waals surface area contributed by atoms with Gasteiger partial charge in [0.1, 0.15) is 0 Å². The van der Waals surface area contributed by atoms with Gasteiger partial charge in [-0.3, -0.25) is 0 Å². The van der Waals surface area contributed by atoms with Gasteiger partial charge >= 0.3 is 0 Å². The zero-order valence-electron chi connectivity index (χ0n) is 11.0. The third-order valence-electron chi connectivity index (χ3n) is 3.24. The number of hydrogen-bond donors (Lipinski definition) is 1. The highest BCUT2D eigenvalue weighted by molar-refractivity contribution is 14.1. The number of nitrogens with one attached hydrogen (secondary N) is 1. The molecular weight excluding hydrogens is 413 g/mol. The molecule has 2 aromatic carbocycles. The summed E-state index contributed by atoms with van der Waals surface area (Å²) >= 11 is 5.80. The largest absolute Gasteiger partial charge is 0.304 e. The van der Waals surface area contributed by atoms with Crippen LogP contribution in [0.5, 0.6) is 0 Å². The van der Waals surface area contributed by atoms with Gasteiger partial charge in [-0.1, -0.05) is 40.2 Å². The van der Waals surface area contributed by atoms with Crippen molar-refractivity contribution in [3.8, 4) is 0 Å². The van der Waals surface area contributed by atoms with E-state index in [2.05, 4.69) is 106 Å². The molecule has 0 aliphatic carbocycles. The number of hydrogen-bond acceptors (Lipinski definition) is 1. The fourth-order valence-electron chi connectivity index (χ4n) is 2.07. The maximum atomic E-state index is 3.63. The maximum Gasteiger partial charge on any atom is 0.0297 e. The number of benzene rings is 2. The van der Waals surface area contributed by atoms with Crippen LogP contribution in [0.1, 0.15) is 37.1 Å². The molecule has 1 nitrogen and oxygen atoms in total. The second-order valence-corrected chi connectivity index (χ2v) is 6.87. The second-order valence-electron chi connectivity index (χ2n) is 4.71. The molecule has 0 amide bonds. The van der Waals surface area contributed by atoms with Crippen molar-refractivity contribution in [2.75, 3.05) is 0 Å². The van der Waals surface area contributed by atoms with E-state index in [-0.39, 0.29) is 0 Å². The lowest BCUT2D eigenvalue weighted by Crippen LogP contribution is -2.22. The minimum absolute atomic E-state index is 0.336. The highest BCUT2D eigenvalue weighted by Gasteiger charge is 2.10. The van der Waals surface area contributed by atoms with Crippen LogP contribution in [0, 0.1) is 3.57 Å². The number of rotatable bonds is 4. The Hall–Kier alpha value is -0.390. The van der Waals surface area contributed by atoms with E-state index in [9.17, 15) is 0 Å². The Labute approximate surface area is 137 Å². The number of halogens is 2. The summed E-state index contributed by atoms with van der Waals surface area (Å²) in [5.74, 6) is 0. The van der Waals surface area contributed by atoms with E-state index in [1.54, 1.807) is 0 Å². The molecule has 0 aliphatic heterocycles. The van der Waals surface area contributed by atoms with Crippen molar-refractivity contribution in [2.24, 2.45) is 0 Å². The van der Waals surface area contributed by atoms with Crippen LogP contribution < -0.4 is 5.32 Å². The highest BCUT2D eigenvalue weighted by Crippen LogP contribution is 2.21. The van der Waals surface area contributed by atoms with E-state index < -0.39 is 0 Å². The van der Waals surface area contributed by atoms with Crippen LogP contribution in [0.2, 0.25) is 0 Å². The zero-order chi connectivity index (χ0) is 13.8. The Bertz CT molecular complexity index is 472. The molecule has 0 bridgehead atoms. The summed E-state index contributed by atoms with van der Waals surface area (Å²) in [6.07, 6.45) is 0. The summed E-state index contributed by atoms with van der Waals surface area (Å²) in [5.41, 5.74) is 2.63. The van der Waals surface area contributed by atoms with Gasteiger partial charge < -0.3 is 5.32 Å². The van der Waals surface area contributed by atoms with Gasteiger partial charge in [-0.05, 0) is 71.8 Å². The Morgan fingerprint density at radius 3 is 1.74 bits per heavy atom. The molecule has 2 atom stereocenters. The van der Waals surface area contributed by atoms with Gasteiger partial charge in [0.15, 0.2) is 0 Å². The van der Waals surface area contributed by atoms with Crippen molar-refractivity contribution in [3.05, 3.63) is 67.7 Å². The van der Waals surface area contributed by atoms with Crippen molar-refractivity contribution in [1.29, 1.82) is 0 Å². The van der Waals surface area contributed by atoms with Crippen molar-refractivity contribution in [1.82, 2.24) is 5.32 Å². The van der Waals surface area contributed by atoms with E-state index in [0.29, 0.717) is 12.1 Å². The van der Waals surface area contributed by atoms with E-state index in [1.165, 1.54) is 14.7 Å². The van der Waals surface area contributed by atoms with Crippen LogP contribution in [0.4, 0.5) is 0 Å². The quantitative estimate of drug-likeness (QED) is 0.635. The fourth-order valence-corrected chi connectivity index (χ4v) is 2.69. The molecule has 2 rings (SSSR count). The van der Waals surface area contributed by atoms with Gasteiger partial charge in [0.05, 0.1) is 0 Å². The second kappa shape index (κ2) is 6.86. The average Bonchev–Trinajstić information content (AvgIpc) is 2.40. The predicted molar refractivity (Wildman–Crippen MR) is 93.3 cm³/mol. The Morgan fingerprint density at radius 2 is 1.26 bits per heavy atom. The van der Waals surface area contributed by atoms with Gasteiger partial charge in [0.25, 0.3) is 0 Å². The summed E-state index contributed by atoms with van der Waals surface area (Å²) < 4.78 is 2.39. The summed E-state index contributed by atoms with van der Waals surface area (Å²) in [5, 5.41) is 3.63. The van der Waals surface area contributed by atoms with Gasteiger partial charge in [-0.25, -0.2) is 0 Å². The molecule has 0 aromatic heterocycles. The van der Waals surface area contributed by atoms with Gasteiger partial charge in [-0.15, -0.1) is 0 Å². The smallest absolute Gasteiger partial charge is 0.0297 e. The SMILES string of the molecule is CC(NC(C)c1ccc(I)cc1)c1ccc(Br)cc1. The molecule has 0 heterocycles. The third kappa shape index (κ3) is 4.29. The summed E-state index contributed by atoms with van der Waals surface area (Å²) in [6, 6.07) is 17.8. The monoisotopic (exact) mass is 429 g/mol. The summed E-state index contributed by atoms with van der Waals surface area (Å²) in [7, 11) is 0. The highest BCUT2D eigenvalue weighted by atomic mass is 127. The molecule has 0 aliphatic rings. The molecule has 0 spiro atoms. The molecule has 1 N–H and O–H groups in total. The van der Waals surface area contributed by atoms with Crippen LogP contribution in [-0.4, -0.2) is 0 Å². The summed E-state index contributed by atoms with van der Waals surface area (Å²) in [6.45, 7) is 4.41. The van der Waals surface area contributed by atoms with Gasteiger partial charge in [-0.2, -0.15) is 0 Å². The average molecular weight is 430 g/mol. The van der Waals surface area contributed by atoms with Crippen molar-refractivity contribution in [3.63, 3.8) is 0 Å². The normalized spacial score (nSPS) is 14.1. The van der Waals surface area contributed by atoms with Crippen LogP contribution in [0.25, 0.3) is 0 Å². The molecule has 0 radical (unpaired) electrons. The lowest BCUT2D eigenvalue weighted by molar-refractivity contribution is 0.494. The minimum atomic E-state index is 0.336. The Balaban J connectivity index is 2.03. The van der Waals surface area contributed by atoms with Crippen LogP contribution in [0.15, 0.2) is 53.0 Å². The van der Waals surface area contributed by atoms with Gasteiger partial charge in [0, 0.05) is 20.1 Å². The first-order valence-corrected chi connectivity index (χ1v) is 8.20. The van der Waals surface area contributed by atoms with Crippen LogP contribution in [-0.2, 0) is 0 Å². The summed E-state index contributed by atoms with van der Waals surface area (Å²) in [4.78, 5) is 0. The van der Waals surface area contributed by atoms with E-state index >= 15 is 0 Å².